The molecule has 21 heavy (non-hydrogen) atoms. The maximum atomic E-state index is 12.4. The number of rotatable bonds is 3. The Morgan fingerprint density at radius 3 is 2.71 bits per heavy atom. The van der Waals surface area contributed by atoms with Gasteiger partial charge in [0.2, 0.25) is 0 Å². The van der Waals surface area contributed by atoms with Crippen molar-refractivity contribution in [3.8, 4) is 0 Å². The molecule has 5 nitrogen and oxygen atoms in total. The van der Waals surface area contributed by atoms with Crippen molar-refractivity contribution in [3.05, 3.63) is 59.3 Å². The lowest BCUT2D eigenvalue weighted by atomic mass is 10.1. The molecule has 0 saturated carbocycles. The maximum absolute atomic E-state index is 12.4. The first-order valence-electron chi connectivity index (χ1n) is 6.78. The first kappa shape index (κ1) is 13.3. The Hall–Kier alpha value is -2.69. The molecule has 0 aliphatic carbocycles. The van der Waals surface area contributed by atoms with Crippen LogP contribution in [0.25, 0.3) is 10.9 Å². The molecule has 0 atom stereocenters. The number of H-pyrrole nitrogens is 1. The summed E-state index contributed by atoms with van der Waals surface area (Å²) in [6, 6.07) is 7.56. The van der Waals surface area contributed by atoms with Gasteiger partial charge in [0.1, 0.15) is 6.33 Å². The topological polar surface area (TPSA) is 70.7 Å². The molecule has 0 spiro atoms. The predicted octanol–water partition coefficient (Wildman–Crippen LogP) is 2.50. The maximum Gasteiger partial charge on any atom is 0.252 e. The van der Waals surface area contributed by atoms with Gasteiger partial charge in [0, 0.05) is 46.2 Å². The summed E-state index contributed by atoms with van der Waals surface area (Å²) in [5, 5.41) is 3.87. The lowest BCUT2D eigenvalue weighted by Gasteiger charge is -2.10. The molecule has 2 N–H and O–H groups in total. The van der Waals surface area contributed by atoms with E-state index in [1.807, 2.05) is 44.3 Å². The Kier molecular flexibility index (Phi) is 3.39. The van der Waals surface area contributed by atoms with Crippen LogP contribution in [0.3, 0.4) is 0 Å². The molecule has 0 fully saturated rings. The van der Waals surface area contributed by atoms with Crippen molar-refractivity contribution in [1.82, 2.24) is 20.3 Å². The normalized spacial score (nSPS) is 10.8. The summed E-state index contributed by atoms with van der Waals surface area (Å²) in [6.07, 6.45) is 3.37. The third-order valence-corrected chi connectivity index (χ3v) is 3.64. The van der Waals surface area contributed by atoms with E-state index in [0.717, 1.165) is 27.9 Å². The predicted molar refractivity (Wildman–Crippen MR) is 81.0 cm³/mol. The van der Waals surface area contributed by atoms with Crippen LogP contribution in [-0.4, -0.2) is 20.9 Å². The summed E-state index contributed by atoms with van der Waals surface area (Å²) in [5.41, 5.74) is 4.37. The second-order valence-electron chi connectivity index (χ2n) is 4.95. The van der Waals surface area contributed by atoms with Gasteiger partial charge in [-0.1, -0.05) is 6.07 Å². The number of aromatic amines is 1. The number of aromatic nitrogens is 3. The Balaban J connectivity index is 1.83. The van der Waals surface area contributed by atoms with Crippen LogP contribution in [0.5, 0.6) is 0 Å². The summed E-state index contributed by atoms with van der Waals surface area (Å²) in [6.45, 7) is 4.27. The van der Waals surface area contributed by atoms with Gasteiger partial charge in [-0.25, -0.2) is 9.97 Å². The average molecular weight is 280 g/mol. The molecule has 0 aliphatic rings. The van der Waals surface area contributed by atoms with Crippen molar-refractivity contribution >= 4 is 16.8 Å². The van der Waals surface area contributed by atoms with Crippen LogP contribution in [0.2, 0.25) is 0 Å². The second-order valence-corrected chi connectivity index (χ2v) is 4.95. The van der Waals surface area contributed by atoms with Crippen molar-refractivity contribution in [2.45, 2.75) is 20.4 Å². The molecule has 106 valence electrons. The van der Waals surface area contributed by atoms with E-state index in [2.05, 4.69) is 20.3 Å². The number of amides is 1. The number of hydrogen-bond donors (Lipinski definition) is 2. The molecule has 0 saturated heterocycles. The van der Waals surface area contributed by atoms with E-state index < -0.39 is 0 Å². The van der Waals surface area contributed by atoms with Crippen LogP contribution in [0.1, 0.15) is 27.3 Å². The van der Waals surface area contributed by atoms with Gasteiger partial charge in [-0.15, -0.1) is 0 Å². The summed E-state index contributed by atoms with van der Waals surface area (Å²) in [4.78, 5) is 23.8. The van der Waals surface area contributed by atoms with E-state index in [4.69, 9.17) is 0 Å². The van der Waals surface area contributed by atoms with Crippen molar-refractivity contribution in [2.24, 2.45) is 0 Å². The molecule has 2 heterocycles. The monoisotopic (exact) mass is 280 g/mol. The van der Waals surface area contributed by atoms with Gasteiger partial charge in [-0.3, -0.25) is 4.79 Å². The molecule has 0 radical (unpaired) electrons. The van der Waals surface area contributed by atoms with E-state index >= 15 is 0 Å². The summed E-state index contributed by atoms with van der Waals surface area (Å²) >= 11 is 0. The van der Waals surface area contributed by atoms with Gasteiger partial charge in [0.05, 0.1) is 0 Å². The second kappa shape index (κ2) is 5.36. The standard InChI is InChI=1S/C16H16N4O/c1-10-14(11(2)20-9-19-10)8-18-16(21)13-4-3-5-15-12(13)6-7-17-15/h3-7,9,17H,8H2,1-2H3,(H,18,21). The highest BCUT2D eigenvalue weighted by atomic mass is 16.1. The number of aryl methyl sites for hydroxylation is 2. The van der Waals surface area contributed by atoms with Gasteiger partial charge < -0.3 is 10.3 Å². The Morgan fingerprint density at radius 2 is 1.95 bits per heavy atom. The van der Waals surface area contributed by atoms with Gasteiger partial charge in [-0.05, 0) is 32.0 Å². The molecule has 2 aromatic heterocycles. The molecule has 1 amide bonds. The van der Waals surface area contributed by atoms with Crippen molar-refractivity contribution in [2.75, 3.05) is 0 Å². The Morgan fingerprint density at radius 1 is 1.19 bits per heavy atom. The van der Waals surface area contributed by atoms with E-state index in [1.165, 1.54) is 6.33 Å². The first-order chi connectivity index (χ1) is 10.2. The van der Waals surface area contributed by atoms with Crippen LogP contribution < -0.4 is 5.32 Å². The molecular formula is C16H16N4O. The zero-order valence-corrected chi connectivity index (χ0v) is 12.0. The largest absolute Gasteiger partial charge is 0.361 e. The number of hydrogen-bond acceptors (Lipinski definition) is 3. The van der Waals surface area contributed by atoms with Gasteiger partial charge >= 0.3 is 0 Å². The summed E-state index contributed by atoms with van der Waals surface area (Å²) in [7, 11) is 0. The number of nitrogens with zero attached hydrogens (tertiary/aromatic N) is 2. The fourth-order valence-corrected chi connectivity index (χ4v) is 2.42. The SMILES string of the molecule is Cc1ncnc(C)c1CNC(=O)c1cccc2[nH]ccc12. The molecule has 1 aromatic carbocycles. The number of benzene rings is 1. The third-order valence-electron chi connectivity index (χ3n) is 3.64. The van der Waals surface area contributed by atoms with Gasteiger partial charge in [-0.2, -0.15) is 0 Å². The Labute approximate surface area is 122 Å². The van der Waals surface area contributed by atoms with Crippen molar-refractivity contribution in [1.29, 1.82) is 0 Å². The molecule has 0 aliphatic heterocycles. The van der Waals surface area contributed by atoms with Crippen molar-refractivity contribution < 1.29 is 4.79 Å². The summed E-state index contributed by atoms with van der Waals surface area (Å²) < 4.78 is 0. The van der Waals surface area contributed by atoms with Crippen LogP contribution in [0.15, 0.2) is 36.8 Å². The van der Waals surface area contributed by atoms with E-state index in [9.17, 15) is 4.79 Å². The van der Waals surface area contributed by atoms with Crippen molar-refractivity contribution in [3.63, 3.8) is 0 Å². The lowest BCUT2D eigenvalue weighted by molar-refractivity contribution is 0.0952. The van der Waals surface area contributed by atoms with Gasteiger partial charge in [0.15, 0.2) is 0 Å². The van der Waals surface area contributed by atoms with Gasteiger partial charge in [0.25, 0.3) is 5.91 Å². The molecule has 3 aromatic rings. The number of carbonyl (C=O) groups is 1. The van der Waals surface area contributed by atoms with Crippen LogP contribution in [0.4, 0.5) is 0 Å². The zero-order valence-electron chi connectivity index (χ0n) is 12.0. The zero-order chi connectivity index (χ0) is 14.8. The highest BCUT2D eigenvalue weighted by Gasteiger charge is 2.12. The average Bonchev–Trinajstić information content (AvgIpc) is 2.94. The fraction of sp³-hybridized carbons (Fsp3) is 0.188. The minimum Gasteiger partial charge on any atom is -0.361 e. The van der Waals surface area contributed by atoms with E-state index in [0.29, 0.717) is 12.1 Å². The minimum atomic E-state index is -0.0946. The first-order valence-corrected chi connectivity index (χ1v) is 6.78. The summed E-state index contributed by atoms with van der Waals surface area (Å²) in [5.74, 6) is -0.0946. The number of fused-ring (bicyclic) bond motifs is 1. The molecule has 0 bridgehead atoms. The van der Waals surface area contributed by atoms with Crippen LogP contribution in [0, 0.1) is 13.8 Å². The molecular weight excluding hydrogens is 264 g/mol. The molecule has 5 heteroatoms. The highest BCUT2D eigenvalue weighted by molar-refractivity contribution is 6.06. The molecule has 3 rings (SSSR count). The number of carbonyl (C=O) groups excluding carboxylic acids is 1. The van der Waals surface area contributed by atoms with E-state index in [-0.39, 0.29) is 5.91 Å². The fourth-order valence-electron chi connectivity index (χ4n) is 2.42. The smallest absolute Gasteiger partial charge is 0.252 e. The molecule has 0 unspecified atom stereocenters. The number of nitrogens with one attached hydrogen (secondary N) is 2. The lowest BCUT2D eigenvalue weighted by Crippen LogP contribution is -2.24. The van der Waals surface area contributed by atoms with Crippen LogP contribution in [-0.2, 0) is 6.54 Å². The Bertz CT molecular complexity index is 787. The highest BCUT2D eigenvalue weighted by Crippen LogP contribution is 2.17. The van der Waals surface area contributed by atoms with E-state index in [1.54, 1.807) is 0 Å². The minimum absolute atomic E-state index is 0.0946. The quantitative estimate of drug-likeness (QED) is 0.774. The third kappa shape index (κ3) is 2.50. The van der Waals surface area contributed by atoms with Crippen LogP contribution >= 0.6 is 0 Å².